The van der Waals surface area contributed by atoms with E-state index in [2.05, 4.69) is 53.3 Å². The molecular formula is C39H52ClFN4O3. The number of aromatic nitrogens is 1. The number of nitrogens with zero attached hydrogens (tertiary/aromatic N) is 4. The van der Waals surface area contributed by atoms with Crippen LogP contribution in [0.15, 0.2) is 66.9 Å². The molecule has 0 saturated carbocycles. The number of aryl methyl sites for hydroxylation is 3. The summed E-state index contributed by atoms with van der Waals surface area (Å²) in [6.45, 7) is 18.2. The second-order valence-corrected chi connectivity index (χ2v) is 13.5. The van der Waals surface area contributed by atoms with Crippen molar-refractivity contribution < 1.29 is 19.0 Å². The maximum atomic E-state index is 12.8. The minimum Gasteiger partial charge on any atom is -0.478 e. The van der Waals surface area contributed by atoms with Gasteiger partial charge in [0.15, 0.2) is 0 Å². The van der Waals surface area contributed by atoms with E-state index in [0.29, 0.717) is 34.4 Å². The third-order valence-corrected chi connectivity index (χ3v) is 9.84. The van der Waals surface area contributed by atoms with E-state index in [4.69, 9.17) is 21.3 Å². The molecule has 0 amide bonds. The highest BCUT2D eigenvalue weighted by molar-refractivity contribution is 6.30. The van der Waals surface area contributed by atoms with Crippen LogP contribution in [0.3, 0.4) is 0 Å². The molecule has 9 heteroatoms. The SMILES string of the molecule is C=C(CN1CCC(c2cccc(C)n2)CC1)N(CC1CCN(CCOC)CC1)c1cc(C(=O)O)ccc1C.CCc1ccc(Cl)cc1F. The lowest BCUT2D eigenvalue weighted by molar-refractivity contribution is 0.0697. The van der Waals surface area contributed by atoms with Crippen LogP contribution >= 0.6 is 11.6 Å². The Morgan fingerprint density at radius 3 is 2.38 bits per heavy atom. The van der Waals surface area contributed by atoms with Gasteiger partial charge in [0.25, 0.3) is 0 Å². The Balaban J connectivity index is 0.000000445. The number of carbonyl (C=O) groups is 1. The third kappa shape index (κ3) is 10.9. The normalized spacial score (nSPS) is 16.3. The second kappa shape index (κ2) is 18.5. The molecule has 3 heterocycles. The maximum absolute atomic E-state index is 12.8. The summed E-state index contributed by atoms with van der Waals surface area (Å²) in [6.07, 6.45) is 5.15. The van der Waals surface area contributed by atoms with E-state index in [1.807, 2.05) is 19.1 Å². The van der Waals surface area contributed by atoms with Gasteiger partial charge in [-0.25, -0.2) is 9.18 Å². The number of halogens is 2. The second-order valence-electron chi connectivity index (χ2n) is 13.1. The van der Waals surface area contributed by atoms with Gasteiger partial charge in [-0.3, -0.25) is 9.88 Å². The summed E-state index contributed by atoms with van der Waals surface area (Å²) in [4.78, 5) is 23.8. The highest BCUT2D eigenvalue weighted by Gasteiger charge is 2.27. The number of benzene rings is 2. The number of aromatic carboxylic acids is 1. The summed E-state index contributed by atoms with van der Waals surface area (Å²) in [5.74, 6) is -0.0602. The Morgan fingerprint density at radius 2 is 1.75 bits per heavy atom. The van der Waals surface area contributed by atoms with Gasteiger partial charge >= 0.3 is 5.97 Å². The Labute approximate surface area is 291 Å². The van der Waals surface area contributed by atoms with E-state index >= 15 is 0 Å². The summed E-state index contributed by atoms with van der Waals surface area (Å²) in [7, 11) is 1.76. The summed E-state index contributed by atoms with van der Waals surface area (Å²) in [6, 6.07) is 16.5. The topological polar surface area (TPSA) is 69.1 Å². The first kappa shape index (κ1) is 37.5. The molecule has 1 aromatic heterocycles. The van der Waals surface area contributed by atoms with Crippen molar-refractivity contribution in [2.75, 3.05) is 64.4 Å². The van der Waals surface area contributed by atoms with Crippen molar-refractivity contribution in [3.8, 4) is 0 Å². The molecule has 48 heavy (non-hydrogen) atoms. The number of hydrogen-bond acceptors (Lipinski definition) is 6. The number of hydrogen-bond donors (Lipinski definition) is 1. The zero-order valence-corrected chi connectivity index (χ0v) is 29.8. The Hall–Kier alpha value is -3.30. The van der Waals surface area contributed by atoms with Crippen molar-refractivity contribution in [2.45, 2.75) is 58.8 Å². The summed E-state index contributed by atoms with van der Waals surface area (Å²) in [5.41, 5.74) is 6.42. The van der Waals surface area contributed by atoms with E-state index < -0.39 is 5.97 Å². The standard InChI is InChI=1S/C31H44N4O3.C8H8ClF/c1-23-8-9-28(31(36)37)20-30(23)35(22-26-10-14-33(15-11-26)18-19-38-4)25(3)21-34-16-12-27(13-17-34)29-7-5-6-24(2)32-29;1-2-6-3-4-7(9)5-8(6)10/h5-9,20,26-27H,3,10-19,21-22H2,1-2,4H3,(H,36,37);3-5H,2H2,1H3. The van der Waals surface area contributed by atoms with E-state index in [-0.39, 0.29) is 5.82 Å². The maximum Gasteiger partial charge on any atom is 0.335 e. The Morgan fingerprint density at radius 1 is 1.04 bits per heavy atom. The van der Waals surface area contributed by atoms with Crippen LogP contribution in [0.4, 0.5) is 10.1 Å². The number of carboxylic acids is 1. The average molecular weight is 679 g/mol. The first-order valence-corrected chi connectivity index (χ1v) is 17.6. The highest BCUT2D eigenvalue weighted by atomic mass is 35.5. The van der Waals surface area contributed by atoms with Gasteiger partial charge in [-0.1, -0.05) is 43.3 Å². The fourth-order valence-corrected chi connectivity index (χ4v) is 6.79. The van der Waals surface area contributed by atoms with Crippen LogP contribution in [-0.2, 0) is 11.2 Å². The number of likely N-dealkylation sites (tertiary alicyclic amines) is 2. The van der Waals surface area contributed by atoms with Crippen molar-refractivity contribution in [3.63, 3.8) is 0 Å². The molecule has 260 valence electrons. The Bertz CT molecular complexity index is 1500. The molecule has 2 saturated heterocycles. The van der Waals surface area contributed by atoms with Crippen molar-refractivity contribution in [2.24, 2.45) is 5.92 Å². The smallest absolute Gasteiger partial charge is 0.335 e. The quantitative estimate of drug-likeness (QED) is 0.208. The number of piperidine rings is 2. The van der Waals surface area contributed by atoms with Crippen LogP contribution in [-0.4, -0.2) is 85.4 Å². The summed E-state index contributed by atoms with van der Waals surface area (Å²) in [5, 5.41) is 10.1. The van der Waals surface area contributed by atoms with Gasteiger partial charge in [-0.15, -0.1) is 0 Å². The summed E-state index contributed by atoms with van der Waals surface area (Å²) >= 11 is 5.53. The average Bonchev–Trinajstić information content (AvgIpc) is 3.07. The van der Waals surface area contributed by atoms with Crippen LogP contribution in [0.2, 0.25) is 5.02 Å². The van der Waals surface area contributed by atoms with Crippen LogP contribution in [0.25, 0.3) is 0 Å². The molecule has 1 N–H and O–H groups in total. The molecular weight excluding hydrogens is 627 g/mol. The first-order valence-electron chi connectivity index (χ1n) is 17.2. The molecule has 0 aliphatic carbocycles. The lowest BCUT2D eigenvalue weighted by Crippen LogP contribution is -2.42. The summed E-state index contributed by atoms with van der Waals surface area (Å²) < 4.78 is 18.0. The number of methoxy groups -OCH3 is 1. The first-order chi connectivity index (χ1) is 23.1. The lowest BCUT2D eigenvalue weighted by atomic mass is 9.92. The molecule has 2 aromatic carbocycles. The molecule has 3 aromatic rings. The molecule has 2 fully saturated rings. The number of ether oxygens (including phenoxy) is 1. The van der Waals surface area contributed by atoms with Gasteiger partial charge in [-0.05, 0) is 126 Å². The number of rotatable bonds is 12. The van der Waals surface area contributed by atoms with Crippen LogP contribution < -0.4 is 4.90 Å². The van der Waals surface area contributed by atoms with Crippen molar-refractivity contribution in [1.82, 2.24) is 14.8 Å². The predicted molar refractivity (Wildman–Crippen MR) is 194 cm³/mol. The molecule has 0 atom stereocenters. The van der Waals surface area contributed by atoms with Crippen molar-refractivity contribution in [3.05, 3.63) is 106 Å². The van der Waals surface area contributed by atoms with Crippen molar-refractivity contribution in [1.29, 1.82) is 0 Å². The monoisotopic (exact) mass is 678 g/mol. The van der Waals surface area contributed by atoms with E-state index in [1.54, 1.807) is 25.3 Å². The third-order valence-electron chi connectivity index (χ3n) is 9.61. The highest BCUT2D eigenvalue weighted by Crippen LogP contribution is 2.31. The van der Waals surface area contributed by atoms with Gasteiger partial charge in [0.05, 0.1) is 12.2 Å². The zero-order chi connectivity index (χ0) is 34.6. The van der Waals surface area contributed by atoms with Gasteiger partial charge in [0.2, 0.25) is 0 Å². The van der Waals surface area contributed by atoms with E-state index in [1.165, 1.54) is 11.8 Å². The van der Waals surface area contributed by atoms with Crippen LogP contribution in [0.1, 0.15) is 71.4 Å². The van der Waals surface area contributed by atoms with E-state index in [0.717, 1.165) is 101 Å². The van der Waals surface area contributed by atoms with Gasteiger partial charge in [0.1, 0.15) is 5.82 Å². The van der Waals surface area contributed by atoms with E-state index in [9.17, 15) is 14.3 Å². The molecule has 2 aliphatic rings. The van der Waals surface area contributed by atoms with Gasteiger partial charge in [0, 0.05) is 60.5 Å². The number of pyridine rings is 1. The number of carboxylic acid groups (broad SMARTS) is 1. The minimum absolute atomic E-state index is 0.213. The molecule has 0 radical (unpaired) electrons. The Kier molecular flexibility index (Phi) is 14.4. The molecule has 2 aliphatic heterocycles. The molecule has 0 unspecified atom stereocenters. The fraction of sp³-hybridized carbons (Fsp3) is 0.487. The lowest BCUT2D eigenvalue weighted by Gasteiger charge is -2.39. The van der Waals surface area contributed by atoms with Gasteiger partial charge in [-0.2, -0.15) is 0 Å². The van der Waals surface area contributed by atoms with Crippen molar-refractivity contribution >= 4 is 23.3 Å². The van der Waals surface area contributed by atoms with Crippen LogP contribution in [0, 0.1) is 25.6 Å². The zero-order valence-electron chi connectivity index (χ0n) is 29.1. The molecule has 0 bridgehead atoms. The molecule has 0 spiro atoms. The molecule has 5 rings (SSSR count). The van der Waals surface area contributed by atoms with Gasteiger partial charge < -0.3 is 19.6 Å². The number of anilines is 1. The predicted octanol–water partition coefficient (Wildman–Crippen LogP) is 8.00. The largest absolute Gasteiger partial charge is 0.478 e. The minimum atomic E-state index is -0.893. The molecule has 7 nitrogen and oxygen atoms in total. The fourth-order valence-electron chi connectivity index (χ4n) is 6.63. The van der Waals surface area contributed by atoms with Crippen LogP contribution in [0.5, 0.6) is 0 Å².